The molecule has 11 N–H and O–H groups in total. The number of carbonyl (C=O) groups excluding carboxylic acids is 4. The van der Waals surface area contributed by atoms with Crippen LogP contribution in [-0.2, 0) is 30.4 Å². The predicted molar refractivity (Wildman–Crippen MR) is 157 cm³/mol. The fraction of sp³-hybridized carbons (Fsp3) is 0.481. The van der Waals surface area contributed by atoms with Gasteiger partial charge in [0.25, 0.3) is 0 Å². The molecule has 4 amide bonds. The van der Waals surface area contributed by atoms with E-state index in [2.05, 4.69) is 36.9 Å². The van der Waals surface area contributed by atoms with Gasteiger partial charge < -0.3 is 43.2 Å². The number of carboxylic acid groups (broad SMARTS) is 1. The first kappa shape index (κ1) is 33.4. The summed E-state index contributed by atoms with van der Waals surface area (Å²) in [6.07, 6.45) is 2.25. The highest BCUT2D eigenvalue weighted by Gasteiger charge is 2.31. The molecule has 44 heavy (non-hydrogen) atoms. The topological polar surface area (TPSA) is 272 Å². The van der Waals surface area contributed by atoms with E-state index in [4.69, 9.17) is 16.9 Å². The minimum atomic E-state index is -1.46. The van der Waals surface area contributed by atoms with Crippen molar-refractivity contribution in [3.05, 3.63) is 47.8 Å². The van der Waals surface area contributed by atoms with Crippen LogP contribution in [0, 0.1) is 5.41 Å². The molecular weight excluding hydrogens is 574 g/mol. The normalized spacial score (nSPS) is 21.4. The highest BCUT2D eigenvalue weighted by Crippen LogP contribution is 2.21. The molecular formula is C27H39N11O6. The second-order valence-electron chi connectivity index (χ2n) is 10.3. The molecule has 238 valence electrons. The number of hydrogen-bond acceptors (Lipinski definition) is 9. The van der Waals surface area contributed by atoms with Crippen LogP contribution in [0.4, 0.5) is 0 Å². The van der Waals surface area contributed by atoms with E-state index in [1.54, 1.807) is 0 Å². The van der Waals surface area contributed by atoms with E-state index in [-0.39, 0.29) is 31.8 Å². The number of hydrogen-bond donors (Lipinski definition) is 9. The number of nitrogens with zero attached hydrogens (tertiary/aromatic N) is 3. The Balaban J connectivity index is 2.00. The molecule has 1 aromatic carbocycles. The lowest BCUT2D eigenvalue weighted by Crippen LogP contribution is -2.53. The van der Waals surface area contributed by atoms with Crippen molar-refractivity contribution in [3.8, 4) is 0 Å². The number of nitrogens with two attached hydrogens (primary N) is 2. The summed E-state index contributed by atoms with van der Waals surface area (Å²) < 4.78 is 1.35. The van der Waals surface area contributed by atoms with Gasteiger partial charge in [0, 0.05) is 6.54 Å². The maximum Gasteiger partial charge on any atom is 0.305 e. The second-order valence-corrected chi connectivity index (χ2v) is 10.3. The van der Waals surface area contributed by atoms with Gasteiger partial charge in [0.1, 0.15) is 23.8 Å². The number of carboxylic acids is 1. The quantitative estimate of drug-likeness (QED) is 0.0745. The van der Waals surface area contributed by atoms with E-state index < -0.39 is 66.7 Å². The molecule has 0 saturated heterocycles. The monoisotopic (exact) mass is 613 g/mol. The average Bonchev–Trinajstić information content (AvgIpc) is 3.46. The van der Waals surface area contributed by atoms with Crippen LogP contribution < -0.4 is 38.1 Å². The number of carbonyl (C=O) groups is 5. The lowest BCUT2D eigenvalue weighted by Gasteiger charge is -2.24. The lowest BCUT2D eigenvalue weighted by atomic mass is 10.0. The first-order valence-electron chi connectivity index (χ1n) is 14.2. The third-order valence-corrected chi connectivity index (χ3v) is 6.86. The fourth-order valence-electron chi connectivity index (χ4n) is 4.63. The molecule has 2 aromatic rings. The number of fused-ring (bicyclic) bond motifs is 2. The molecule has 2 bridgehead atoms. The van der Waals surface area contributed by atoms with Crippen molar-refractivity contribution in [2.45, 2.75) is 62.7 Å². The summed E-state index contributed by atoms with van der Waals surface area (Å²) in [5, 5.41) is 38.1. The molecule has 0 aliphatic carbocycles. The Labute approximate surface area is 253 Å². The molecule has 0 unspecified atom stereocenters. The van der Waals surface area contributed by atoms with E-state index in [9.17, 15) is 29.1 Å². The minimum absolute atomic E-state index is 0.134. The summed E-state index contributed by atoms with van der Waals surface area (Å²) in [4.78, 5) is 64.3. The maximum absolute atomic E-state index is 13.6. The SMILES string of the molecule is N=C(N)NCCC[C@@H]1NC(=O)[C@H](CCCN)n2cc(nn2)[C@H](Cc2ccccc2)NC(=O)[C@H](CC(=O)O)NC(=O)CNC1=O. The summed E-state index contributed by atoms with van der Waals surface area (Å²) >= 11 is 0. The molecule has 1 aliphatic heterocycles. The van der Waals surface area contributed by atoms with Crippen LogP contribution in [0.1, 0.15) is 55.4 Å². The zero-order valence-corrected chi connectivity index (χ0v) is 24.1. The van der Waals surface area contributed by atoms with E-state index in [1.807, 2.05) is 30.3 Å². The van der Waals surface area contributed by atoms with E-state index in [0.717, 1.165) is 5.56 Å². The first-order valence-corrected chi connectivity index (χ1v) is 14.2. The largest absolute Gasteiger partial charge is 0.481 e. The Morgan fingerprint density at radius 3 is 2.41 bits per heavy atom. The van der Waals surface area contributed by atoms with Gasteiger partial charge in [-0.25, -0.2) is 4.68 Å². The number of benzene rings is 1. The number of rotatable bonds is 11. The third kappa shape index (κ3) is 10.3. The van der Waals surface area contributed by atoms with Crippen LogP contribution in [0.15, 0.2) is 36.5 Å². The molecule has 0 spiro atoms. The van der Waals surface area contributed by atoms with Crippen LogP contribution in [0.3, 0.4) is 0 Å². The molecule has 2 heterocycles. The van der Waals surface area contributed by atoms with Gasteiger partial charge >= 0.3 is 5.97 Å². The number of amides is 4. The second kappa shape index (κ2) is 16.5. The van der Waals surface area contributed by atoms with Crippen molar-refractivity contribution in [3.63, 3.8) is 0 Å². The van der Waals surface area contributed by atoms with Crippen LogP contribution in [0.2, 0.25) is 0 Å². The number of aromatic nitrogens is 3. The van der Waals surface area contributed by atoms with Gasteiger partial charge in [-0.1, -0.05) is 35.5 Å². The molecule has 0 radical (unpaired) electrons. The van der Waals surface area contributed by atoms with Crippen molar-refractivity contribution < 1.29 is 29.1 Å². The Kier molecular flexibility index (Phi) is 12.6. The Morgan fingerprint density at radius 2 is 1.73 bits per heavy atom. The van der Waals surface area contributed by atoms with Crippen LogP contribution >= 0.6 is 0 Å². The van der Waals surface area contributed by atoms with Crippen molar-refractivity contribution in [2.75, 3.05) is 19.6 Å². The Hall–Kier alpha value is -5.06. The average molecular weight is 614 g/mol. The van der Waals surface area contributed by atoms with Gasteiger partial charge in [0.15, 0.2) is 5.96 Å². The molecule has 0 saturated carbocycles. The maximum atomic E-state index is 13.6. The van der Waals surface area contributed by atoms with Crippen LogP contribution in [0.5, 0.6) is 0 Å². The highest BCUT2D eigenvalue weighted by atomic mass is 16.4. The summed E-state index contributed by atoms with van der Waals surface area (Å²) in [5.41, 5.74) is 12.2. The van der Waals surface area contributed by atoms with E-state index in [1.165, 1.54) is 10.9 Å². The van der Waals surface area contributed by atoms with Crippen molar-refractivity contribution in [1.29, 1.82) is 5.41 Å². The Bertz CT molecular complexity index is 1320. The molecule has 1 aliphatic rings. The van der Waals surface area contributed by atoms with E-state index in [0.29, 0.717) is 25.1 Å². The molecule has 4 atom stereocenters. The third-order valence-electron chi connectivity index (χ3n) is 6.86. The molecule has 1 aromatic heterocycles. The van der Waals surface area contributed by atoms with Crippen molar-refractivity contribution in [1.82, 2.24) is 41.6 Å². The van der Waals surface area contributed by atoms with Crippen LogP contribution in [-0.4, -0.2) is 87.4 Å². The van der Waals surface area contributed by atoms with Gasteiger partial charge in [0.05, 0.1) is 25.2 Å². The molecule has 17 nitrogen and oxygen atoms in total. The summed E-state index contributed by atoms with van der Waals surface area (Å²) in [6.45, 7) is -0.0295. The fourth-order valence-corrected chi connectivity index (χ4v) is 4.63. The molecule has 0 fully saturated rings. The highest BCUT2D eigenvalue weighted by molar-refractivity contribution is 5.94. The number of nitrogens with one attached hydrogen (secondary N) is 6. The number of guanidine groups is 1. The van der Waals surface area contributed by atoms with Gasteiger partial charge in [0.2, 0.25) is 23.6 Å². The van der Waals surface area contributed by atoms with Crippen molar-refractivity contribution >= 4 is 35.6 Å². The lowest BCUT2D eigenvalue weighted by molar-refractivity contribution is -0.141. The van der Waals surface area contributed by atoms with E-state index >= 15 is 0 Å². The predicted octanol–water partition coefficient (Wildman–Crippen LogP) is -2.20. The van der Waals surface area contributed by atoms with Gasteiger partial charge in [-0.05, 0) is 44.2 Å². The van der Waals surface area contributed by atoms with Gasteiger partial charge in [-0.15, -0.1) is 5.10 Å². The van der Waals surface area contributed by atoms with Gasteiger partial charge in [-0.3, -0.25) is 29.4 Å². The van der Waals surface area contributed by atoms with Crippen molar-refractivity contribution in [2.24, 2.45) is 11.5 Å². The summed E-state index contributed by atoms with van der Waals surface area (Å²) in [6, 6.07) is 4.94. The smallest absolute Gasteiger partial charge is 0.305 e. The molecule has 3 rings (SSSR count). The molecule has 17 heteroatoms. The summed E-state index contributed by atoms with van der Waals surface area (Å²) in [7, 11) is 0. The standard InChI is InChI=1S/C27H39N11O6/c28-10-4-9-21-26(44)34-17(8-5-11-31-27(29)30)24(42)32-14-22(39)33-19(13-23(40)41)25(43)35-18(20-15-38(21)37-36-20)12-16-6-2-1-3-7-16/h1-3,6-7,15,17-19,21H,4-5,8-14,28H2,(H,32,42)(H,33,39)(H,34,44)(H,35,43)(H,40,41)(H4,29,30,31)/t17-,18-,19-,21-/m0/s1. The zero-order valence-electron chi connectivity index (χ0n) is 24.1. The Morgan fingerprint density at radius 1 is 1.00 bits per heavy atom. The van der Waals surface area contributed by atoms with Crippen LogP contribution in [0.25, 0.3) is 0 Å². The van der Waals surface area contributed by atoms with Gasteiger partial charge in [-0.2, -0.15) is 0 Å². The summed E-state index contributed by atoms with van der Waals surface area (Å²) in [5.74, 6) is -4.36. The minimum Gasteiger partial charge on any atom is -0.481 e. The number of aliphatic carboxylic acids is 1. The first-order chi connectivity index (χ1) is 21.1. The zero-order chi connectivity index (χ0) is 32.1.